The van der Waals surface area contributed by atoms with Crippen LogP contribution < -0.4 is 0 Å². The molecule has 1 aliphatic carbocycles. The number of carbonyl (C=O) groups is 1. The highest BCUT2D eigenvalue weighted by atomic mass is 16.4. The molecule has 3 rings (SSSR count). The number of aromatic carboxylic acids is 1. The highest BCUT2D eigenvalue weighted by Gasteiger charge is 2.30. The first-order chi connectivity index (χ1) is 9.66. The molecule has 1 saturated carbocycles. The highest BCUT2D eigenvalue weighted by molar-refractivity contribution is 5.94. The van der Waals surface area contributed by atoms with E-state index in [1.807, 2.05) is 0 Å². The predicted molar refractivity (Wildman–Crippen MR) is 72.4 cm³/mol. The van der Waals surface area contributed by atoms with E-state index in [1.165, 1.54) is 12.8 Å². The second-order valence-electron chi connectivity index (χ2n) is 5.31. The van der Waals surface area contributed by atoms with Gasteiger partial charge in [-0.05, 0) is 30.9 Å². The van der Waals surface area contributed by atoms with E-state index in [-0.39, 0.29) is 11.5 Å². The predicted octanol–water partition coefficient (Wildman–Crippen LogP) is 3.34. The van der Waals surface area contributed by atoms with E-state index in [0.29, 0.717) is 23.3 Å². The zero-order chi connectivity index (χ0) is 14.1. The number of carboxylic acid groups (broad SMARTS) is 1. The molecule has 0 spiro atoms. The summed E-state index contributed by atoms with van der Waals surface area (Å²) < 4.78 is 5.73. The summed E-state index contributed by atoms with van der Waals surface area (Å²) in [5, 5.41) is 17.3. The van der Waals surface area contributed by atoms with Gasteiger partial charge >= 0.3 is 5.97 Å². The van der Waals surface area contributed by atoms with E-state index in [2.05, 4.69) is 17.1 Å². The third kappa shape index (κ3) is 2.19. The monoisotopic (exact) mass is 272 g/mol. The van der Waals surface area contributed by atoms with Crippen molar-refractivity contribution in [3.63, 3.8) is 0 Å². The molecule has 20 heavy (non-hydrogen) atoms. The van der Waals surface area contributed by atoms with Crippen molar-refractivity contribution in [2.75, 3.05) is 0 Å². The fraction of sp³-hybridized carbons (Fsp3) is 0.400. The molecule has 2 atom stereocenters. The lowest BCUT2D eigenvalue weighted by Gasteiger charge is -2.09. The van der Waals surface area contributed by atoms with Gasteiger partial charge in [0, 0.05) is 5.92 Å². The summed E-state index contributed by atoms with van der Waals surface area (Å²) in [5.41, 5.74) is 0.659. The van der Waals surface area contributed by atoms with Crippen LogP contribution in [0.2, 0.25) is 0 Å². The van der Waals surface area contributed by atoms with Crippen molar-refractivity contribution >= 4 is 5.97 Å². The zero-order valence-electron chi connectivity index (χ0n) is 11.2. The quantitative estimate of drug-likeness (QED) is 0.927. The average molecular weight is 272 g/mol. The second kappa shape index (κ2) is 5.07. The van der Waals surface area contributed by atoms with E-state index < -0.39 is 5.97 Å². The van der Waals surface area contributed by atoms with Crippen molar-refractivity contribution in [3.05, 3.63) is 35.7 Å². The topological polar surface area (TPSA) is 76.2 Å². The fourth-order valence-electron chi connectivity index (χ4n) is 2.86. The Labute approximate surface area is 116 Å². The lowest BCUT2D eigenvalue weighted by Crippen LogP contribution is -2.02. The molecule has 1 fully saturated rings. The number of nitrogens with zero attached hydrogens (tertiary/aromatic N) is 2. The molecule has 0 radical (unpaired) electrons. The maximum atomic E-state index is 11.2. The molecule has 1 heterocycles. The van der Waals surface area contributed by atoms with Crippen LogP contribution in [0.1, 0.15) is 48.4 Å². The van der Waals surface area contributed by atoms with Crippen molar-refractivity contribution in [2.45, 2.75) is 32.1 Å². The van der Waals surface area contributed by atoms with Crippen LogP contribution in [-0.2, 0) is 0 Å². The van der Waals surface area contributed by atoms with Crippen LogP contribution in [0.25, 0.3) is 11.5 Å². The molecule has 1 aliphatic rings. The van der Waals surface area contributed by atoms with Crippen molar-refractivity contribution in [2.24, 2.45) is 5.92 Å². The Balaban J connectivity index is 1.96. The minimum absolute atomic E-state index is 0.183. The number of carboxylic acids is 1. The SMILES string of the molecule is CC1CCCC1c1nnc(-c2ccccc2C(=O)O)o1. The molecule has 1 N–H and O–H groups in total. The maximum absolute atomic E-state index is 11.2. The third-order valence-corrected chi connectivity index (χ3v) is 4.01. The van der Waals surface area contributed by atoms with Crippen molar-refractivity contribution in [1.82, 2.24) is 10.2 Å². The first-order valence-corrected chi connectivity index (χ1v) is 6.83. The summed E-state index contributed by atoms with van der Waals surface area (Å²) in [6.45, 7) is 2.19. The van der Waals surface area contributed by atoms with Gasteiger partial charge in [-0.15, -0.1) is 10.2 Å². The van der Waals surface area contributed by atoms with Crippen LogP contribution in [0.15, 0.2) is 28.7 Å². The fourth-order valence-corrected chi connectivity index (χ4v) is 2.86. The first-order valence-electron chi connectivity index (χ1n) is 6.83. The third-order valence-electron chi connectivity index (χ3n) is 4.01. The van der Waals surface area contributed by atoms with Gasteiger partial charge < -0.3 is 9.52 Å². The molecule has 0 amide bonds. The standard InChI is InChI=1S/C15H16N2O3/c1-9-5-4-8-10(9)13-16-17-14(20-13)11-6-2-3-7-12(11)15(18)19/h2-3,6-7,9-10H,4-5,8H2,1H3,(H,18,19). The lowest BCUT2D eigenvalue weighted by molar-refractivity contribution is 0.0697. The van der Waals surface area contributed by atoms with Crippen molar-refractivity contribution < 1.29 is 14.3 Å². The molecule has 0 aliphatic heterocycles. The normalized spacial score (nSPS) is 22.1. The minimum Gasteiger partial charge on any atom is -0.478 e. The summed E-state index contributed by atoms with van der Waals surface area (Å²) in [7, 11) is 0. The van der Waals surface area contributed by atoms with Gasteiger partial charge in [0.1, 0.15) is 0 Å². The molecule has 1 aromatic carbocycles. The van der Waals surface area contributed by atoms with Gasteiger partial charge in [-0.2, -0.15) is 0 Å². The first kappa shape index (κ1) is 12.8. The summed E-state index contributed by atoms with van der Waals surface area (Å²) in [4.78, 5) is 11.2. The molecular weight excluding hydrogens is 256 g/mol. The van der Waals surface area contributed by atoms with E-state index in [4.69, 9.17) is 4.42 Å². The number of rotatable bonds is 3. The van der Waals surface area contributed by atoms with E-state index in [9.17, 15) is 9.90 Å². The summed E-state index contributed by atoms with van der Waals surface area (Å²) in [6, 6.07) is 6.69. The van der Waals surface area contributed by atoms with Gasteiger partial charge in [0.05, 0.1) is 11.1 Å². The second-order valence-corrected chi connectivity index (χ2v) is 5.31. The Bertz CT molecular complexity index is 636. The van der Waals surface area contributed by atoms with Crippen LogP contribution in [0.5, 0.6) is 0 Å². The molecule has 104 valence electrons. The zero-order valence-corrected chi connectivity index (χ0v) is 11.2. The van der Waals surface area contributed by atoms with Crippen LogP contribution in [0.4, 0.5) is 0 Å². The van der Waals surface area contributed by atoms with Crippen LogP contribution in [-0.4, -0.2) is 21.3 Å². The van der Waals surface area contributed by atoms with Gasteiger partial charge in [0.25, 0.3) is 0 Å². The molecule has 5 nitrogen and oxygen atoms in total. The maximum Gasteiger partial charge on any atom is 0.336 e. The number of hydrogen-bond donors (Lipinski definition) is 1. The van der Waals surface area contributed by atoms with Crippen LogP contribution >= 0.6 is 0 Å². The summed E-state index contributed by atoms with van der Waals surface area (Å²) in [6.07, 6.45) is 3.41. The van der Waals surface area contributed by atoms with E-state index in [1.54, 1.807) is 24.3 Å². The highest BCUT2D eigenvalue weighted by Crippen LogP contribution is 2.39. The Hall–Kier alpha value is -2.17. The van der Waals surface area contributed by atoms with E-state index >= 15 is 0 Å². The Morgan fingerprint density at radius 2 is 2.10 bits per heavy atom. The van der Waals surface area contributed by atoms with Gasteiger partial charge in [-0.3, -0.25) is 0 Å². The van der Waals surface area contributed by atoms with Crippen LogP contribution in [0.3, 0.4) is 0 Å². The van der Waals surface area contributed by atoms with Crippen molar-refractivity contribution in [3.8, 4) is 11.5 Å². The number of aromatic nitrogens is 2. The lowest BCUT2D eigenvalue weighted by atomic mass is 9.98. The Morgan fingerprint density at radius 3 is 2.80 bits per heavy atom. The van der Waals surface area contributed by atoms with Crippen LogP contribution in [0, 0.1) is 5.92 Å². The molecule has 1 aromatic heterocycles. The average Bonchev–Trinajstić information content (AvgIpc) is 3.07. The van der Waals surface area contributed by atoms with Gasteiger partial charge in [0.15, 0.2) is 0 Å². The molecule has 2 aromatic rings. The number of hydrogen-bond acceptors (Lipinski definition) is 4. The molecular formula is C15H16N2O3. The Kier molecular flexibility index (Phi) is 3.26. The molecule has 5 heteroatoms. The van der Waals surface area contributed by atoms with Crippen molar-refractivity contribution in [1.29, 1.82) is 0 Å². The largest absolute Gasteiger partial charge is 0.478 e. The van der Waals surface area contributed by atoms with Gasteiger partial charge in [-0.25, -0.2) is 4.79 Å². The number of benzene rings is 1. The Morgan fingerprint density at radius 1 is 1.30 bits per heavy atom. The molecule has 0 saturated heterocycles. The molecule has 2 unspecified atom stereocenters. The summed E-state index contributed by atoms with van der Waals surface area (Å²) >= 11 is 0. The summed E-state index contributed by atoms with van der Waals surface area (Å²) in [5.74, 6) is 0.767. The van der Waals surface area contributed by atoms with Gasteiger partial charge in [0.2, 0.25) is 11.8 Å². The van der Waals surface area contributed by atoms with E-state index in [0.717, 1.165) is 6.42 Å². The minimum atomic E-state index is -0.991. The van der Waals surface area contributed by atoms with Gasteiger partial charge in [-0.1, -0.05) is 25.5 Å². The smallest absolute Gasteiger partial charge is 0.336 e. The molecule has 0 bridgehead atoms.